The minimum Gasteiger partial charge on any atom is -0.461 e. The molecule has 0 unspecified atom stereocenters. The largest absolute Gasteiger partial charge is 0.461 e. The molecule has 1 aromatic carbocycles. The van der Waals surface area contributed by atoms with Crippen molar-refractivity contribution in [2.24, 2.45) is 17.8 Å². The van der Waals surface area contributed by atoms with Crippen LogP contribution in [0.1, 0.15) is 51.5 Å². The van der Waals surface area contributed by atoms with Crippen molar-refractivity contribution >= 4 is 11.8 Å². The van der Waals surface area contributed by atoms with Gasteiger partial charge in [-0.15, -0.1) is 0 Å². The van der Waals surface area contributed by atoms with Crippen LogP contribution >= 0.6 is 0 Å². The predicted molar refractivity (Wildman–Crippen MR) is 86.1 cm³/mol. The summed E-state index contributed by atoms with van der Waals surface area (Å²) in [6.07, 6.45) is 4.02. The second-order valence-electron chi connectivity index (χ2n) is 6.21. The van der Waals surface area contributed by atoms with Gasteiger partial charge < -0.3 is 4.74 Å². The fourth-order valence-corrected chi connectivity index (χ4v) is 3.33. The SMILES string of the molecule is CCCC(=O)[C@H]1[C@H](CCC)[C@@H]1CC(=O)OCc1ccccc1. The molecule has 22 heavy (non-hydrogen) atoms. The minimum atomic E-state index is -0.179. The normalized spacial score (nSPS) is 23.1. The third kappa shape index (κ3) is 4.43. The average Bonchev–Trinajstić information content (AvgIpc) is 3.19. The van der Waals surface area contributed by atoms with Crippen molar-refractivity contribution < 1.29 is 14.3 Å². The number of benzene rings is 1. The molecule has 0 aliphatic heterocycles. The van der Waals surface area contributed by atoms with Crippen LogP contribution < -0.4 is 0 Å². The quantitative estimate of drug-likeness (QED) is 0.644. The first kappa shape index (κ1) is 16.7. The number of hydrogen-bond acceptors (Lipinski definition) is 3. The lowest BCUT2D eigenvalue weighted by Gasteiger charge is -2.04. The maximum Gasteiger partial charge on any atom is 0.306 e. The molecule has 2 rings (SSSR count). The summed E-state index contributed by atoms with van der Waals surface area (Å²) in [4.78, 5) is 24.1. The zero-order valence-corrected chi connectivity index (χ0v) is 13.6. The summed E-state index contributed by atoms with van der Waals surface area (Å²) in [7, 11) is 0. The van der Waals surface area contributed by atoms with Crippen LogP contribution in [0.15, 0.2) is 30.3 Å². The lowest BCUT2D eigenvalue weighted by Crippen LogP contribution is -2.08. The van der Waals surface area contributed by atoms with E-state index < -0.39 is 0 Å². The molecule has 0 bridgehead atoms. The molecule has 1 aliphatic rings. The van der Waals surface area contributed by atoms with E-state index in [0.717, 1.165) is 24.8 Å². The maximum atomic E-state index is 12.1. The van der Waals surface area contributed by atoms with Crippen molar-refractivity contribution in [2.75, 3.05) is 0 Å². The molecule has 0 radical (unpaired) electrons. The highest BCUT2D eigenvalue weighted by molar-refractivity contribution is 5.85. The number of carbonyl (C=O) groups excluding carboxylic acids is 2. The van der Waals surface area contributed by atoms with Gasteiger partial charge in [-0.05, 0) is 30.2 Å². The van der Waals surface area contributed by atoms with Crippen LogP contribution in [-0.4, -0.2) is 11.8 Å². The molecule has 1 saturated carbocycles. The summed E-state index contributed by atoms with van der Waals surface area (Å²) in [5, 5.41) is 0. The molecule has 3 heteroatoms. The van der Waals surface area contributed by atoms with Gasteiger partial charge in [0.2, 0.25) is 0 Å². The molecule has 0 aromatic heterocycles. The Labute approximate surface area is 133 Å². The number of ketones is 1. The molecule has 1 fully saturated rings. The van der Waals surface area contributed by atoms with Crippen LogP contribution in [0.2, 0.25) is 0 Å². The van der Waals surface area contributed by atoms with Gasteiger partial charge in [0, 0.05) is 18.8 Å². The lowest BCUT2D eigenvalue weighted by atomic mass is 10.1. The van der Waals surface area contributed by atoms with Crippen molar-refractivity contribution in [3.8, 4) is 0 Å². The van der Waals surface area contributed by atoms with Crippen molar-refractivity contribution in [2.45, 2.75) is 52.6 Å². The van der Waals surface area contributed by atoms with Gasteiger partial charge in [0.1, 0.15) is 12.4 Å². The standard InChI is InChI=1S/C19H26O3/c1-3-8-15-16(19(15)17(20)9-4-2)12-18(21)22-13-14-10-6-5-7-11-14/h5-7,10-11,15-16,19H,3-4,8-9,12-13H2,1-2H3/t15-,16+,19+/m1/s1. The number of rotatable bonds is 9. The van der Waals surface area contributed by atoms with Crippen molar-refractivity contribution in [3.05, 3.63) is 35.9 Å². The van der Waals surface area contributed by atoms with E-state index in [1.165, 1.54) is 0 Å². The molecule has 0 amide bonds. The summed E-state index contributed by atoms with van der Waals surface area (Å²) >= 11 is 0. The van der Waals surface area contributed by atoms with E-state index >= 15 is 0 Å². The predicted octanol–water partition coefficient (Wildman–Crippen LogP) is 4.15. The Morgan fingerprint density at radius 2 is 1.77 bits per heavy atom. The molecule has 3 atom stereocenters. The van der Waals surface area contributed by atoms with E-state index in [1.807, 2.05) is 37.3 Å². The maximum absolute atomic E-state index is 12.1. The fourth-order valence-electron chi connectivity index (χ4n) is 3.33. The molecule has 1 aliphatic carbocycles. The number of esters is 1. The number of carbonyl (C=O) groups is 2. The number of hydrogen-bond donors (Lipinski definition) is 0. The van der Waals surface area contributed by atoms with Gasteiger partial charge in [0.25, 0.3) is 0 Å². The highest BCUT2D eigenvalue weighted by atomic mass is 16.5. The first-order valence-electron chi connectivity index (χ1n) is 8.39. The zero-order chi connectivity index (χ0) is 15.9. The molecule has 120 valence electrons. The summed E-state index contributed by atoms with van der Waals surface area (Å²) in [6, 6.07) is 9.69. The van der Waals surface area contributed by atoms with Gasteiger partial charge in [-0.2, -0.15) is 0 Å². The molecular weight excluding hydrogens is 276 g/mol. The zero-order valence-electron chi connectivity index (χ0n) is 13.6. The summed E-state index contributed by atoms with van der Waals surface area (Å²) in [5.41, 5.74) is 0.996. The van der Waals surface area contributed by atoms with E-state index in [0.29, 0.717) is 31.1 Å². The molecule has 1 aromatic rings. The summed E-state index contributed by atoms with van der Waals surface area (Å²) in [6.45, 7) is 4.47. The van der Waals surface area contributed by atoms with Crippen LogP contribution in [0.3, 0.4) is 0 Å². The Bertz CT molecular complexity index is 495. The highest BCUT2D eigenvalue weighted by Gasteiger charge is 2.53. The first-order valence-corrected chi connectivity index (χ1v) is 8.39. The van der Waals surface area contributed by atoms with Crippen LogP contribution in [0.25, 0.3) is 0 Å². The Balaban J connectivity index is 1.81. The van der Waals surface area contributed by atoms with Crippen molar-refractivity contribution in [1.29, 1.82) is 0 Å². The lowest BCUT2D eigenvalue weighted by molar-refractivity contribution is -0.145. The minimum absolute atomic E-state index is 0.101. The van der Waals surface area contributed by atoms with Crippen LogP contribution in [0, 0.1) is 17.8 Å². The summed E-state index contributed by atoms with van der Waals surface area (Å²) < 4.78 is 5.34. The van der Waals surface area contributed by atoms with Gasteiger partial charge in [0.05, 0.1) is 0 Å². The Kier molecular flexibility index (Phi) is 6.17. The van der Waals surface area contributed by atoms with E-state index in [1.54, 1.807) is 0 Å². The number of Topliss-reactive ketones (excluding diaryl/α,β-unsaturated/α-hetero) is 1. The van der Waals surface area contributed by atoms with Gasteiger partial charge >= 0.3 is 5.97 Å². The Morgan fingerprint density at radius 3 is 2.41 bits per heavy atom. The van der Waals surface area contributed by atoms with Crippen molar-refractivity contribution in [1.82, 2.24) is 0 Å². The van der Waals surface area contributed by atoms with Gasteiger partial charge in [0.15, 0.2) is 0 Å². The second-order valence-corrected chi connectivity index (χ2v) is 6.21. The monoisotopic (exact) mass is 302 g/mol. The Hall–Kier alpha value is -1.64. The third-order valence-electron chi connectivity index (χ3n) is 4.47. The fraction of sp³-hybridized carbons (Fsp3) is 0.579. The molecule has 0 heterocycles. The van der Waals surface area contributed by atoms with Gasteiger partial charge in [-0.25, -0.2) is 0 Å². The molecular formula is C19H26O3. The second kappa shape index (κ2) is 8.11. The molecule has 0 N–H and O–H groups in total. The molecule has 0 spiro atoms. The van der Waals surface area contributed by atoms with Gasteiger partial charge in [-0.3, -0.25) is 9.59 Å². The highest BCUT2D eigenvalue weighted by Crippen LogP contribution is 2.52. The summed E-state index contributed by atoms with van der Waals surface area (Å²) in [5.74, 6) is 0.864. The van der Waals surface area contributed by atoms with E-state index in [2.05, 4.69) is 6.92 Å². The number of ether oxygens (including phenoxy) is 1. The Morgan fingerprint density at radius 1 is 1.05 bits per heavy atom. The van der Waals surface area contributed by atoms with Crippen LogP contribution in [0.5, 0.6) is 0 Å². The van der Waals surface area contributed by atoms with Crippen LogP contribution in [-0.2, 0) is 20.9 Å². The molecule has 0 saturated heterocycles. The third-order valence-corrected chi connectivity index (χ3v) is 4.47. The van der Waals surface area contributed by atoms with Crippen molar-refractivity contribution in [3.63, 3.8) is 0 Å². The van der Waals surface area contributed by atoms with E-state index in [4.69, 9.17) is 4.74 Å². The van der Waals surface area contributed by atoms with Crippen LogP contribution in [0.4, 0.5) is 0 Å². The van der Waals surface area contributed by atoms with Gasteiger partial charge in [-0.1, -0.05) is 50.6 Å². The van der Waals surface area contributed by atoms with E-state index in [9.17, 15) is 9.59 Å². The smallest absolute Gasteiger partial charge is 0.306 e. The first-order chi connectivity index (χ1) is 10.7. The topological polar surface area (TPSA) is 43.4 Å². The molecule has 3 nitrogen and oxygen atoms in total. The van der Waals surface area contributed by atoms with E-state index in [-0.39, 0.29) is 17.8 Å². The average molecular weight is 302 g/mol.